The quantitative estimate of drug-likeness (QED) is 0.0261. The third-order valence-corrected chi connectivity index (χ3v) is 11.6. The molecule has 6 heteroatoms. The third kappa shape index (κ3) is 56.2. The fourth-order valence-electron chi connectivity index (χ4n) is 7.38. The molecule has 0 aromatic carbocycles. The van der Waals surface area contributed by atoms with Crippen LogP contribution in [0.3, 0.4) is 0 Å². The van der Waals surface area contributed by atoms with Gasteiger partial charge in [-0.2, -0.15) is 0 Å². The number of hydrogen-bond acceptors (Lipinski definition) is 6. The van der Waals surface area contributed by atoms with Crippen molar-refractivity contribution in [3.8, 4) is 0 Å². The fraction of sp³-hybridized carbons (Fsp3) is 0.591. The monoisotopic (exact) mass is 993 g/mol. The number of esters is 3. The molecular formula is C66H104O6. The van der Waals surface area contributed by atoms with Crippen molar-refractivity contribution < 1.29 is 28.6 Å². The molecule has 0 rings (SSSR count). The molecule has 0 N–H and O–H groups in total. The van der Waals surface area contributed by atoms with Crippen LogP contribution in [0.15, 0.2) is 146 Å². The Morgan fingerprint density at radius 1 is 0.278 bits per heavy atom. The van der Waals surface area contributed by atoms with E-state index in [2.05, 4.69) is 161 Å². The van der Waals surface area contributed by atoms with Crippen LogP contribution in [-0.2, 0) is 28.6 Å². The van der Waals surface area contributed by atoms with E-state index >= 15 is 0 Å². The van der Waals surface area contributed by atoms with Gasteiger partial charge in [-0.15, -0.1) is 0 Å². The molecule has 0 heterocycles. The van der Waals surface area contributed by atoms with Crippen molar-refractivity contribution in [3.05, 3.63) is 146 Å². The van der Waals surface area contributed by atoms with E-state index in [0.29, 0.717) is 19.3 Å². The molecule has 0 bridgehead atoms. The smallest absolute Gasteiger partial charge is 0.306 e. The molecular weight excluding hydrogens is 889 g/mol. The van der Waals surface area contributed by atoms with Crippen molar-refractivity contribution in [1.29, 1.82) is 0 Å². The predicted octanol–water partition coefficient (Wildman–Crippen LogP) is 19.6. The Hall–Kier alpha value is -4.71. The molecule has 0 aliphatic heterocycles. The molecule has 0 radical (unpaired) electrons. The molecule has 0 spiro atoms. The molecule has 0 aromatic rings. The summed E-state index contributed by atoms with van der Waals surface area (Å²) in [5.74, 6) is -1.03. The van der Waals surface area contributed by atoms with Crippen LogP contribution in [0, 0.1) is 0 Å². The van der Waals surface area contributed by atoms with Crippen LogP contribution in [0.4, 0.5) is 0 Å². The first-order valence-corrected chi connectivity index (χ1v) is 28.8. The van der Waals surface area contributed by atoms with Crippen molar-refractivity contribution in [2.75, 3.05) is 13.2 Å². The van der Waals surface area contributed by atoms with Gasteiger partial charge in [0.25, 0.3) is 0 Å². The number of rotatable bonds is 50. The van der Waals surface area contributed by atoms with Gasteiger partial charge in [-0.1, -0.05) is 237 Å². The molecule has 0 saturated heterocycles. The summed E-state index contributed by atoms with van der Waals surface area (Å²) in [4.78, 5) is 38.2. The van der Waals surface area contributed by atoms with Crippen molar-refractivity contribution in [2.45, 2.75) is 239 Å². The minimum absolute atomic E-state index is 0.116. The minimum Gasteiger partial charge on any atom is -0.462 e. The van der Waals surface area contributed by atoms with E-state index in [1.54, 1.807) is 0 Å². The largest absolute Gasteiger partial charge is 0.462 e. The van der Waals surface area contributed by atoms with E-state index in [4.69, 9.17) is 14.2 Å². The van der Waals surface area contributed by atoms with Gasteiger partial charge in [-0.25, -0.2) is 0 Å². The molecule has 0 aromatic heterocycles. The van der Waals surface area contributed by atoms with Crippen LogP contribution in [-0.4, -0.2) is 37.2 Å². The molecule has 404 valence electrons. The Bertz CT molecular complexity index is 1610. The van der Waals surface area contributed by atoms with Gasteiger partial charge in [0, 0.05) is 19.3 Å². The van der Waals surface area contributed by atoms with Crippen LogP contribution < -0.4 is 0 Å². The Balaban J connectivity index is 4.55. The molecule has 72 heavy (non-hydrogen) atoms. The van der Waals surface area contributed by atoms with E-state index in [1.165, 1.54) is 51.4 Å². The number of hydrogen-bond donors (Lipinski definition) is 0. The molecule has 0 aliphatic carbocycles. The lowest BCUT2D eigenvalue weighted by Gasteiger charge is -2.18. The van der Waals surface area contributed by atoms with E-state index in [9.17, 15) is 14.4 Å². The van der Waals surface area contributed by atoms with Crippen molar-refractivity contribution in [3.63, 3.8) is 0 Å². The first-order valence-electron chi connectivity index (χ1n) is 28.8. The second kappa shape index (κ2) is 58.9. The predicted molar refractivity (Wildman–Crippen MR) is 311 cm³/mol. The van der Waals surface area contributed by atoms with Gasteiger partial charge < -0.3 is 14.2 Å². The summed E-state index contributed by atoms with van der Waals surface area (Å²) in [6, 6.07) is 0. The van der Waals surface area contributed by atoms with E-state index in [0.717, 1.165) is 135 Å². The maximum absolute atomic E-state index is 12.9. The lowest BCUT2D eigenvalue weighted by Crippen LogP contribution is -2.30. The molecule has 0 aliphatic rings. The lowest BCUT2D eigenvalue weighted by molar-refractivity contribution is -0.166. The zero-order chi connectivity index (χ0) is 52.2. The van der Waals surface area contributed by atoms with Crippen LogP contribution >= 0.6 is 0 Å². The van der Waals surface area contributed by atoms with Gasteiger partial charge in [-0.3, -0.25) is 14.4 Å². The van der Waals surface area contributed by atoms with Crippen molar-refractivity contribution in [2.24, 2.45) is 0 Å². The number of allylic oxidation sites excluding steroid dienone is 24. The van der Waals surface area contributed by atoms with Crippen LogP contribution in [0.5, 0.6) is 0 Å². The topological polar surface area (TPSA) is 78.9 Å². The summed E-state index contributed by atoms with van der Waals surface area (Å²) >= 11 is 0. The zero-order valence-corrected chi connectivity index (χ0v) is 46.1. The second-order valence-electron chi connectivity index (χ2n) is 18.4. The fourth-order valence-corrected chi connectivity index (χ4v) is 7.38. The SMILES string of the molecule is CC/C=C\C/C=C\C/C=C\C/C=C\C/C=C\C/C=C\CCC(=O)OCC(COC(=O)CCCCCCCC/C=C\C/C=C\C/C=C\CC)OC(=O)CCCCCCCCCCC/C=C\C/C=C\C/C=C\CC. The summed E-state index contributed by atoms with van der Waals surface area (Å²) in [5, 5.41) is 0. The van der Waals surface area contributed by atoms with Crippen LogP contribution in [0.25, 0.3) is 0 Å². The summed E-state index contributed by atoms with van der Waals surface area (Å²) in [6.07, 6.45) is 84.2. The third-order valence-electron chi connectivity index (χ3n) is 11.6. The Morgan fingerprint density at radius 3 is 0.861 bits per heavy atom. The molecule has 1 atom stereocenters. The average Bonchev–Trinajstić information content (AvgIpc) is 3.38. The number of ether oxygens (including phenoxy) is 3. The summed E-state index contributed by atoms with van der Waals surface area (Å²) in [5.41, 5.74) is 0. The van der Waals surface area contributed by atoms with Gasteiger partial charge in [0.05, 0.1) is 0 Å². The van der Waals surface area contributed by atoms with Crippen molar-refractivity contribution >= 4 is 17.9 Å². The van der Waals surface area contributed by atoms with Gasteiger partial charge in [-0.05, 0) is 122 Å². The normalized spacial score (nSPS) is 13.2. The average molecular weight is 994 g/mol. The second-order valence-corrected chi connectivity index (χ2v) is 18.4. The molecule has 1 unspecified atom stereocenters. The maximum Gasteiger partial charge on any atom is 0.306 e. The van der Waals surface area contributed by atoms with E-state index in [1.807, 2.05) is 6.08 Å². The van der Waals surface area contributed by atoms with E-state index in [-0.39, 0.29) is 37.5 Å². The summed E-state index contributed by atoms with van der Waals surface area (Å²) in [6.45, 7) is 6.22. The minimum atomic E-state index is -0.824. The highest BCUT2D eigenvalue weighted by atomic mass is 16.6. The highest BCUT2D eigenvalue weighted by molar-refractivity contribution is 5.71. The highest BCUT2D eigenvalue weighted by Gasteiger charge is 2.19. The maximum atomic E-state index is 12.9. The van der Waals surface area contributed by atoms with Crippen LogP contribution in [0.1, 0.15) is 233 Å². The Labute approximate surface area is 442 Å². The van der Waals surface area contributed by atoms with E-state index < -0.39 is 6.10 Å². The molecule has 0 saturated carbocycles. The van der Waals surface area contributed by atoms with Gasteiger partial charge in [0.1, 0.15) is 13.2 Å². The first-order chi connectivity index (χ1) is 35.5. The lowest BCUT2D eigenvalue weighted by atomic mass is 10.1. The number of unbranched alkanes of at least 4 members (excludes halogenated alkanes) is 15. The number of carbonyl (C=O) groups excluding carboxylic acids is 3. The van der Waals surface area contributed by atoms with Crippen LogP contribution in [0.2, 0.25) is 0 Å². The van der Waals surface area contributed by atoms with Gasteiger partial charge in [0.2, 0.25) is 0 Å². The summed E-state index contributed by atoms with van der Waals surface area (Å²) in [7, 11) is 0. The highest BCUT2D eigenvalue weighted by Crippen LogP contribution is 2.14. The molecule has 0 amide bonds. The zero-order valence-electron chi connectivity index (χ0n) is 46.1. The Morgan fingerprint density at radius 2 is 0.528 bits per heavy atom. The van der Waals surface area contributed by atoms with Gasteiger partial charge >= 0.3 is 17.9 Å². The van der Waals surface area contributed by atoms with Crippen molar-refractivity contribution in [1.82, 2.24) is 0 Å². The molecule has 6 nitrogen and oxygen atoms in total. The molecule has 0 fully saturated rings. The first kappa shape index (κ1) is 67.3. The summed E-state index contributed by atoms with van der Waals surface area (Å²) < 4.78 is 16.8. The standard InChI is InChI=1S/C66H104O6/c1-4-7-10-13-16-19-22-25-28-31-33-35-38-41-44-47-50-53-56-59-65(68)71-62-63(61-70-64(67)58-55-52-49-46-43-40-37-30-27-24-21-18-15-12-9-6-3)72-66(69)60-57-54-51-48-45-42-39-36-34-32-29-26-23-20-17-14-11-8-5-2/h7-12,16-21,25-30,33,35,41,44,50,53,63H,4-6,13-15,22-24,31-32,34,36-40,42-43,45-49,51-52,54-62H2,1-3H3/b10-7-,11-8-,12-9-,19-16-,20-17-,21-18-,28-25-,29-26-,30-27-,35-33-,44-41-,53-50-. The number of carbonyl (C=O) groups is 3. The Kier molecular flexibility index (Phi) is 55.0. The van der Waals surface area contributed by atoms with Gasteiger partial charge in [0.15, 0.2) is 6.10 Å².